The second-order valence-corrected chi connectivity index (χ2v) is 5.75. The first-order chi connectivity index (χ1) is 12.4. The molecule has 8 heteroatoms. The number of amides is 1. The molecule has 26 heavy (non-hydrogen) atoms. The van der Waals surface area contributed by atoms with Crippen LogP contribution in [-0.4, -0.2) is 20.9 Å². The van der Waals surface area contributed by atoms with Gasteiger partial charge < -0.3 is 5.32 Å². The largest absolute Gasteiger partial charge is 0.344 e. The topological polar surface area (TPSA) is 59.8 Å². The fraction of sp³-hybridized carbons (Fsp3) is 0.167. The molecule has 0 saturated heterocycles. The molecule has 5 nitrogen and oxygen atoms in total. The van der Waals surface area contributed by atoms with Gasteiger partial charge in [0, 0.05) is 5.56 Å². The Hall–Kier alpha value is -3.16. The minimum atomic E-state index is -0.698. The molecule has 0 unspecified atom stereocenters. The highest BCUT2D eigenvalue weighted by molar-refractivity contribution is 5.92. The third-order valence-corrected chi connectivity index (χ3v) is 3.87. The van der Waals surface area contributed by atoms with Crippen LogP contribution in [0.3, 0.4) is 0 Å². The second-order valence-electron chi connectivity index (χ2n) is 5.75. The van der Waals surface area contributed by atoms with Gasteiger partial charge in [-0.1, -0.05) is 23.4 Å². The summed E-state index contributed by atoms with van der Waals surface area (Å²) in [5.41, 5.74) is 0.570. The molecule has 0 saturated carbocycles. The number of benzene rings is 2. The van der Waals surface area contributed by atoms with Crippen molar-refractivity contribution in [2.75, 3.05) is 0 Å². The van der Waals surface area contributed by atoms with Crippen LogP contribution < -0.4 is 5.32 Å². The van der Waals surface area contributed by atoms with Gasteiger partial charge in [-0.15, -0.1) is 5.10 Å². The highest BCUT2D eigenvalue weighted by Crippen LogP contribution is 2.15. The quantitative estimate of drug-likeness (QED) is 0.760. The van der Waals surface area contributed by atoms with E-state index in [9.17, 15) is 18.0 Å². The molecule has 1 heterocycles. The summed E-state index contributed by atoms with van der Waals surface area (Å²) in [4.78, 5) is 12.2. The van der Waals surface area contributed by atoms with Crippen LogP contribution in [0.2, 0.25) is 0 Å². The van der Waals surface area contributed by atoms with Gasteiger partial charge in [-0.25, -0.2) is 17.9 Å². The van der Waals surface area contributed by atoms with E-state index in [1.807, 2.05) is 0 Å². The first kappa shape index (κ1) is 17.7. The molecule has 0 radical (unpaired) electrons. The number of nitrogens with zero attached hydrogens (tertiary/aromatic N) is 3. The van der Waals surface area contributed by atoms with E-state index in [-0.39, 0.29) is 29.7 Å². The average Bonchev–Trinajstić information content (AvgIpc) is 3.07. The summed E-state index contributed by atoms with van der Waals surface area (Å²) >= 11 is 0. The van der Waals surface area contributed by atoms with Crippen molar-refractivity contribution in [2.45, 2.75) is 19.5 Å². The van der Waals surface area contributed by atoms with Crippen molar-refractivity contribution >= 4 is 5.91 Å². The molecule has 1 amide bonds. The predicted molar refractivity (Wildman–Crippen MR) is 87.8 cm³/mol. The number of hydrogen-bond donors (Lipinski definition) is 1. The lowest BCUT2D eigenvalue weighted by molar-refractivity contribution is 0.0934. The zero-order valence-electron chi connectivity index (χ0n) is 13.8. The van der Waals surface area contributed by atoms with Crippen molar-refractivity contribution in [3.63, 3.8) is 0 Å². The maximum Gasteiger partial charge on any atom is 0.273 e. The molecule has 134 valence electrons. The Morgan fingerprint density at radius 2 is 1.77 bits per heavy atom. The molecule has 1 N–H and O–H groups in total. The molecule has 3 rings (SSSR count). The Morgan fingerprint density at radius 3 is 2.42 bits per heavy atom. The molecule has 0 aliphatic heterocycles. The van der Waals surface area contributed by atoms with Crippen LogP contribution in [-0.2, 0) is 6.54 Å². The van der Waals surface area contributed by atoms with Crippen molar-refractivity contribution in [3.05, 3.63) is 82.9 Å². The van der Waals surface area contributed by atoms with E-state index in [0.717, 1.165) is 17.7 Å². The summed E-state index contributed by atoms with van der Waals surface area (Å²) in [6, 6.07) is 8.92. The third kappa shape index (κ3) is 3.90. The molecule has 1 aromatic heterocycles. The summed E-state index contributed by atoms with van der Waals surface area (Å²) in [6.07, 6.45) is 1.30. The number of halogens is 3. The van der Waals surface area contributed by atoms with Crippen LogP contribution in [0.1, 0.15) is 34.6 Å². The summed E-state index contributed by atoms with van der Waals surface area (Å²) in [5, 5.41) is 10.2. The standard InChI is InChI=1S/C18H15F3N4O/c1-11(12-5-7-13(19)8-6-12)22-18(26)17-10-25(24-23-17)9-14-15(20)3-2-4-16(14)21/h2-8,10-11H,9H2,1H3,(H,22,26)/t11-/m1/s1. The molecular formula is C18H15F3N4O. The fourth-order valence-corrected chi connectivity index (χ4v) is 2.43. The van der Waals surface area contributed by atoms with Gasteiger partial charge in [0.15, 0.2) is 5.69 Å². The number of carbonyl (C=O) groups is 1. The van der Waals surface area contributed by atoms with Crippen molar-refractivity contribution in [2.24, 2.45) is 0 Å². The second kappa shape index (κ2) is 7.38. The van der Waals surface area contributed by atoms with Crippen LogP contribution >= 0.6 is 0 Å². The summed E-state index contributed by atoms with van der Waals surface area (Å²) < 4.78 is 41.5. The SMILES string of the molecule is C[C@@H](NC(=O)c1cn(Cc2c(F)cccc2F)nn1)c1ccc(F)cc1. The van der Waals surface area contributed by atoms with Crippen LogP contribution in [0.25, 0.3) is 0 Å². The molecule has 0 aliphatic carbocycles. The van der Waals surface area contributed by atoms with E-state index in [1.54, 1.807) is 19.1 Å². The van der Waals surface area contributed by atoms with Gasteiger partial charge in [0.05, 0.1) is 18.8 Å². The van der Waals surface area contributed by atoms with Crippen molar-refractivity contribution < 1.29 is 18.0 Å². The van der Waals surface area contributed by atoms with Crippen LogP contribution in [0.4, 0.5) is 13.2 Å². The Morgan fingerprint density at radius 1 is 1.12 bits per heavy atom. The number of nitrogens with one attached hydrogen (secondary N) is 1. The third-order valence-electron chi connectivity index (χ3n) is 3.87. The lowest BCUT2D eigenvalue weighted by Crippen LogP contribution is -2.27. The average molecular weight is 360 g/mol. The molecule has 0 aliphatic rings. The van der Waals surface area contributed by atoms with Gasteiger partial charge in [0.1, 0.15) is 17.5 Å². The molecular weight excluding hydrogens is 345 g/mol. The van der Waals surface area contributed by atoms with E-state index >= 15 is 0 Å². The summed E-state index contributed by atoms with van der Waals surface area (Å²) in [6.45, 7) is 1.55. The lowest BCUT2D eigenvalue weighted by atomic mass is 10.1. The van der Waals surface area contributed by atoms with E-state index in [1.165, 1.54) is 29.1 Å². The predicted octanol–water partition coefficient (Wildman–Crippen LogP) is 3.23. The first-order valence-corrected chi connectivity index (χ1v) is 7.83. The van der Waals surface area contributed by atoms with Crippen molar-refractivity contribution in [1.82, 2.24) is 20.3 Å². The molecule has 1 atom stereocenters. The first-order valence-electron chi connectivity index (χ1n) is 7.83. The normalized spacial score (nSPS) is 12.0. The number of aromatic nitrogens is 3. The van der Waals surface area contributed by atoms with Crippen LogP contribution in [0.5, 0.6) is 0 Å². The Bertz CT molecular complexity index is 904. The summed E-state index contributed by atoms with van der Waals surface area (Å²) in [7, 11) is 0. The van der Waals surface area contributed by atoms with Gasteiger partial charge in [-0.05, 0) is 36.8 Å². The maximum atomic E-state index is 13.7. The maximum absolute atomic E-state index is 13.7. The van der Waals surface area contributed by atoms with E-state index < -0.39 is 17.5 Å². The number of hydrogen-bond acceptors (Lipinski definition) is 3. The minimum Gasteiger partial charge on any atom is -0.344 e. The van der Waals surface area contributed by atoms with E-state index in [4.69, 9.17) is 0 Å². The van der Waals surface area contributed by atoms with Crippen LogP contribution in [0.15, 0.2) is 48.7 Å². The Kier molecular flexibility index (Phi) is 5.01. The fourth-order valence-electron chi connectivity index (χ4n) is 2.43. The number of rotatable bonds is 5. The molecule has 0 spiro atoms. The zero-order chi connectivity index (χ0) is 18.7. The number of carbonyl (C=O) groups excluding carboxylic acids is 1. The zero-order valence-corrected chi connectivity index (χ0v) is 13.8. The molecule has 0 bridgehead atoms. The van der Waals surface area contributed by atoms with Crippen molar-refractivity contribution in [1.29, 1.82) is 0 Å². The Labute approximate surface area is 147 Å². The van der Waals surface area contributed by atoms with Gasteiger partial charge in [-0.3, -0.25) is 4.79 Å². The van der Waals surface area contributed by atoms with E-state index in [2.05, 4.69) is 15.6 Å². The smallest absolute Gasteiger partial charge is 0.273 e. The van der Waals surface area contributed by atoms with Gasteiger partial charge in [0.25, 0.3) is 5.91 Å². The monoisotopic (exact) mass is 360 g/mol. The van der Waals surface area contributed by atoms with Gasteiger partial charge in [0.2, 0.25) is 0 Å². The lowest BCUT2D eigenvalue weighted by Gasteiger charge is -2.13. The molecule has 3 aromatic rings. The highest BCUT2D eigenvalue weighted by atomic mass is 19.1. The summed E-state index contributed by atoms with van der Waals surface area (Å²) in [5.74, 6) is -2.26. The molecule has 2 aromatic carbocycles. The van der Waals surface area contributed by atoms with Gasteiger partial charge >= 0.3 is 0 Å². The molecule has 0 fully saturated rings. The Balaban J connectivity index is 1.69. The van der Waals surface area contributed by atoms with Crippen LogP contribution in [0, 0.1) is 17.5 Å². The van der Waals surface area contributed by atoms with E-state index in [0.29, 0.717) is 0 Å². The van der Waals surface area contributed by atoms with Crippen molar-refractivity contribution in [3.8, 4) is 0 Å². The highest BCUT2D eigenvalue weighted by Gasteiger charge is 2.16. The van der Waals surface area contributed by atoms with Gasteiger partial charge in [-0.2, -0.15) is 0 Å². The minimum absolute atomic E-state index is 0.00992.